The summed E-state index contributed by atoms with van der Waals surface area (Å²) in [5, 5.41) is 0.594. The lowest BCUT2D eigenvalue weighted by Gasteiger charge is -2.16. The SMILES string of the molecule is CS(=O)(=O)NC1CC(=O)N(c2ccc(Cl)cc2)C1. The maximum atomic E-state index is 11.8. The van der Waals surface area contributed by atoms with Crippen LogP contribution in [0.15, 0.2) is 24.3 Å². The summed E-state index contributed by atoms with van der Waals surface area (Å²) in [6.07, 6.45) is 1.26. The Labute approximate surface area is 111 Å². The van der Waals surface area contributed by atoms with Crippen molar-refractivity contribution in [2.24, 2.45) is 0 Å². The number of nitrogens with one attached hydrogen (secondary N) is 1. The number of carbonyl (C=O) groups excluding carboxylic acids is 1. The van der Waals surface area contributed by atoms with Gasteiger partial charge in [-0.25, -0.2) is 13.1 Å². The van der Waals surface area contributed by atoms with E-state index >= 15 is 0 Å². The number of hydrogen-bond donors (Lipinski definition) is 1. The van der Waals surface area contributed by atoms with Crippen molar-refractivity contribution in [2.75, 3.05) is 17.7 Å². The van der Waals surface area contributed by atoms with Crippen LogP contribution < -0.4 is 9.62 Å². The first-order valence-electron chi connectivity index (χ1n) is 5.38. The third-order valence-electron chi connectivity index (χ3n) is 2.64. The molecule has 0 spiro atoms. The van der Waals surface area contributed by atoms with E-state index in [1.807, 2.05) is 0 Å². The van der Waals surface area contributed by atoms with Gasteiger partial charge in [0.2, 0.25) is 15.9 Å². The lowest BCUT2D eigenvalue weighted by Crippen LogP contribution is -2.36. The minimum Gasteiger partial charge on any atom is -0.311 e. The Morgan fingerprint density at radius 2 is 1.94 bits per heavy atom. The molecule has 98 valence electrons. The molecular weight excluding hydrogens is 276 g/mol. The van der Waals surface area contributed by atoms with Crippen LogP contribution in [-0.4, -0.2) is 33.2 Å². The number of amides is 1. The van der Waals surface area contributed by atoms with Crippen LogP contribution in [0.4, 0.5) is 5.69 Å². The smallest absolute Gasteiger partial charge is 0.228 e. The molecule has 0 radical (unpaired) electrons. The molecule has 1 fully saturated rings. The number of rotatable bonds is 3. The number of benzene rings is 1. The minimum absolute atomic E-state index is 0.0986. The third kappa shape index (κ3) is 3.22. The van der Waals surface area contributed by atoms with Gasteiger partial charge in [-0.1, -0.05) is 11.6 Å². The van der Waals surface area contributed by atoms with E-state index in [0.717, 1.165) is 11.9 Å². The molecule has 0 aromatic heterocycles. The third-order valence-corrected chi connectivity index (χ3v) is 3.66. The number of halogens is 1. The highest BCUT2D eigenvalue weighted by atomic mass is 35.5. The Bertz CT molecular complexity index is 556. The van der Waals surface area contributed by atoms with Crippen molar-refractivity contribution >= 4 is 33.2 Å². The maximum absolute atomic E-state index is 11.8. The zero-order chi connectivity index (χ0) is 13.3. The van der Waals surface area contributed by atoms with Crippen LogP contribution in [0.1, 0.15) is 6.42 Å². The molecule has 1 N–H and O–H groups in total. The lowest BCUT2D eigenvalue weighted by molar-refractivity contribution is -0.117. The van der Waals surface area contributed by atoms with Gasteiger partial charge in [-0.3, -0.25) is 4.79 Å². The van der Waals surface area contributed by atoms with E-state index < -0.39 is 10.0 Å². The van der Waals surface area contributed by atoms with Gasteiger partial charge in [0.05, 0.1) is 6.26 Å². The second kappa shape index (κ2) is 4.87. The van der Waals surface area contributed by atoms with Crippen molar-refractivity contribution < 1.29 is 13.2 Å². The standard InChI is InChI=1S/C11H13ClN2O3S/c1-18(16,17)13-9-6-11(15)14(7-9)10-4-2-8(12)3-5-10/h2-5,9,13H,6-7H2,1H3. The molecule has 1 heterocycles. The Morgan fingerprint density at radius 3 is 2.50 bits per heavy atom. The molecule has 0 aliphatic carbocycles. The summed E-state index contributed by atoms with van der Waals surface area (Å²) in [7, 11) is -3.29. The van der Waals surface area contributed by atoms with Gasteiger partial charge in [0, 0.05) is 29.7 Å². The molecule has 18 heavy (non-hydrogen) atoms. The molecule has 0 saturated carbocycles. The molecule has 5 nitrogen and oxygen atoms in total. The van der Waals surface area contributed by atoms with E-state index in [-0.39, 0.29) is 18.4 Å². The highest BCUT2D eigenvalue weighted by Crippen LogP contribution is 2.23. The van der Waals surface area contributed by atoms with Gasteiger partial charge in [-0.05, 0) is 24.3 Å². The molecule has 1 aromatic carbocycles. The Hall–Kier alpha value is -1.11. The summed E-state index contributed by atoms with van der Waals surface area (Å²) in [5.41, 5.74) is 0.724. The molecule has 1 amide bonds. The molecule has 1 aliphatic heterocycles. The second-order valence-electron chi connectivity index (χ2n) is 4.27. The zero-order valence-corrected chi connectivity index (χ0v) is 11.3. The van der Waals surface area contributed by atoms with Gasteiger partial charge >= 0.3 is 0 Å². The molecule has 1 saturated heterocycles. The van der Waals surface area contributed by atoms with Crippen molar-refractivity contribution in [2.45, 2.75) is 12.5 Å². The van der Waals surface area contributed by atoms with Crippen LogP contribution in [0.2, 0.25) is 5.02 Å². The molecule has 1 atom stereocenters. The zero-order valence-electron chi connectivity index (χ0n) is 9.76. The monoisotopic (exact) mass is 288 g/mol. The molecule has 1 aliphatic rings. The van der Waals surface area contributed by atoms with Crippen molar-refractivity contribution in [3.63, 3.8) is 0 Å². The second-order valence-corrected chi connectivity index (χ2v) is 6.49. The van der Waals surface area contributed by atoms with Crippen molar-refractivity contribution in [3.8, 4) is 0 Å². The summed E-state index contributed by atoms with van der Waals surface area (Å²) in [6, 6.07) is 6.50. The number of anilines is 1. The molecule has 0 bridgehead atoms. The highest BCUT2D eigenvalue weighted by Gasteiger charge is 2.32. The van der Waals surface area contributed by atoms with E-state index in [0.29, 0.717) is 11.6 Å². The molecular formula is C11H13ClN2O3S. The summed E-state index contributed by atoms with van der Waals surface area (Å²) < 4.78 is 24.7. The fourth-order valence-electron chi connectivity index (χ4n) is 1.96. The Balaban J connectivity index is 2.12. The predicted molar refractivity (Wildman–Crippen MR) is 70.2 cm³/mol. The number of hydrogen-bond acceptors (Lipinski definition) is 3. The molecule has 1 aromatic rings. The maximum Gasteiger partial charge on any atom is 0.228 e. The van der Waals surface area contributed by atoms with Gasteiger partial charge in [0.15, 0.2) is 0 Å². The van der Waals surface area contributed by atoms with Crippen LogP contribution >= 0.6 is 11.6 Å². The van der Waals surface area contributed by atoms with Crippen LogP contribution in [0.5, 0.6) is 0 Å². The fourth-order valence-corrected chi connectivity index (χ4v) is 2.85. The highest BCUT2D eigenvalue weighted by molar-refractivity contribution is 7.88. The predicted octanol–water partition coefficient (Wildman–Crippen LogP) is 0.994. The van der Waals surface area contributed by atoms with Gasteiger partial charge in [0.1, 0.15) is 0 Å². The fraction of sp³-hybridized carbons (Fsp3) is 0.364. The largest absolute Gasteiger partial charge is 0.311 e. The quantitative estimate of drug-likeness (QED) is 0.902. The minimum atomic E-state index is -3.29. The van der Waals surface area contributed by atoms with E-state index in [1.54, 1.807) is 29.2 Å². The first-order valence-corrected chi connectivity index (χ1v) is 7.65. The topological polar surface area (TPSA) is 66.5 Å². The first kappa shape index (κ1) is 13.3. The van der Waals surface area contributed by atoms with Crippen molar-refractivity contribution in [1.29, 1.82) is 0 Å². The van der Waals surface area contributed by atoms with Gasteiger partial charge in [0.25, 0.3) is 0 Å². The van der Waals surface area contributed by atoms with Crippen molar-refractivity contribution in [1.82, 2.24) is 4.72 Å². The summed E-state index contributed by atoms with van der Waals surface area (Å²) in [4.78, 5) is 13.4. The van der Waals surface area contributed by atoms with Gasteiger partial charge in [-0.15, -0.1) is 0 Å². The number of sulfonamides is 1. The van der Waals surface area contributed by atoms with Crippen LogP contribution in [0.3, 0.4) is 0 Å². The van der Waals surface area contributed by atoms with Gasteiger partial charge in [-0.2, -0.15) is 0 Å². The van der Waals surface area contributed by atoms with Crippen LogP contribution in [0.25, 0.3) is 0 Å². The number of nitrogens with zero attached hydrogens (tertiary/aromatic N) is 1. The van der Waals surface area contributed by atoms with E-state index in [1.165, 1.54) is 0 Å². The Kier molecular flexibility index (Phi) is 3.61. The normalized spacial score (nSPS) is 20.4. The average molecular weight is 289 g/mol. The van der Waals surface area contributed by atoms with E-state index in [4.69, 9.17) is 11.6 Å². The van der Waals surface area contributed by atoms with Gasteiger partial charge < -0.3 is 4.90 Å². The summed E-state index contributed by atoms with van der Waals surface area (Å²) >= 11 is 5.78. The average Bonchev–Trinajstić information content (AvgIpc) is 2.58. The van der Waals surface area contributed by atoms with Crippen LogP contribution in [0, 0.1) is 0 Å². The van der Waals surface area contributed by atoms with E-state index in [2.05, 4.69) is 4.72 Å². The Morgan fingerprint density at radius 1 is 1.33 bits per heavy atom. The molecule has 2 rings (SSSR count). The van der Waals surface area contributed by atoms with E-state index in [9.17, 15) is 13.2 Å². The molecule has 1 unspecified atom stereocenters. The molecule has 7 heteroatoms. The first-order chi connectivity index (χ1) is 8.35. The van der Waals surface area contributed by atoms with Crippen LogP contribution in [-0.2, 0) is 14.8 Å². The number of carbonyl (C=O) groups is 1. The van der Waals surface area contributed by atoms with Crippen molar-refractivity contribution in [3.05, 3.63) is 29.3 Å². The summed E-state index contributed by atoms with van der Waals surface area (Å²) in [6.45, 7) is 0.341. The lowest BCUT2D eigenvalue weighted by atomic mass is 10.3. The summed E-state index contributed by atoms with van der Waals surface area (Å²) in [5.74, 6) is -0.0986.